The average Bonchev–Trinajstić information content (AvgIpc) is 2.56. The standard InChI is InChI=1S/C19H18O2S/c1-2-8-15-13-18(14-16-9-6-7-12-19(15)16)22(20,21)17-10-4-3-5-11-17/h3-7,9-14H,2,8H2,1H3. The van der Waals surface area contributed by atoms with E-state index in [1.54, 1.807) is 30.3 Å². The summed E-state index contributed by atoms with van der Waals surface area (Å²) in [5, 5.41) is 2.11. The molecule has 0 amide bonds. The number of benzene rings is 3. The summed E-state index contributed by atoms with van der Waals surface area (Å²) in [6.07, 6.45) is 1.86. The Morgan fingerprint density at radius 1 is 0.818 bits per heavy atom. The average molecular weight is 310 g/mol. The van der Waals surface area contributed by atoms with Crippen molar-refractivity contribution < 1.29 is 8.42 Å². The third-order valence-corrected chi connectivity index (χ3v) is 5.55. The van der Waals surface area contributed by atoms with E-state index in [1.165, 1.54) is 0 Å². The Kier molecular flexibility index (Phi) is 3.99. The van der Waals surface area contributed by atoms with Crippen molar-refractivity contribution in [1.82, 2.24) is 0 Å². The minimum Gasteiger partial charge on any atom is -0.219 e. The van der Waals surface area contributed by atoms with E-state index in [-0.39, 0.29) is 0 Å². The lowest BCUT2D eigenvalue weighted by Gasteiger charge is -2.11. The lowest BCUT2D eigenvalue weighted by Crippen LogP contribution is -2.03. The number of hydrogen-bond donors (Lipinski definition) is 0. The van der Waals surface area contributed by atoms with Crippen LogP contribution < -0.4 is 0 Å². The van der Waals surface area contributed by atoms with Gasteiger partial charge in [0.1, 0.15) is 0 Å². The summed E-state index contributed by atoms with van der Waals surface area (Å²) in [5.41, 5.74) is 1.09. The van der Waals surface area contributed by atoms with Crippen LogP contribution >= 0.6 is 0 Å². The molecule has 0 radical (unpaired) electrons. The lowest BCUT2D eigenvalue weighted by molar-refractivity contribution is 0.596. The zero-order chi connectivity index (χ0) is 15.6. The van der Waals surface area contributed by atoms with E-state index in [9.17, 15) is 8.42 Å². The van der Waals surface area contributed by atoms with Gasteiger partial charge in [0.2, 0.25) is 9.84 Å². The molecule has 22 heavy (non-hydrogen) atoms. The second-order valence-electron chi connectivity index (χ2n) is 5.37. The monoisotopic (exact) mass is 310 g/mol. The minimum absolute atomic E-state index is 0.340. The highest BCUT2D eigenvalue weighted by atomic mass is 32.2. The Bertz CT molecular complexity index is 897. The van der Waals surface area contributed by atoms with Crippen molar-refractivity contribution in [2.45, 2.75) is 29.6 Å². The zero-order valence-corrected chi connectivity index (χ0v) is 13.3. The topological polar surface area (TPSA) is 34.1 Å². The first-order valence-electron chi connectivity index (χ1n) is 7.44. The summed E-state index contributed by atoms with van der Waals surface area (Å²) < 4.78 is 25.7. The molecule has 3 heteroatoms. The highest BCUT2D eigenvalue weighted by Crippen LogP contribution is 2.28. The molecule has 3 rings (SSSR count). The molecule has 3 aromatic carbocycles. The number of rotatable bonds is 4. The first-order valence-corrected chi connectivity index (χ1v) is 8.93. The van der Waals surface area contributed by atoms with E-state index in [4.69, 9.17) is 0 Å². The highest BCUT2D eigenvalue weighted by molar-refractivity contribution is 7.91. The van der Waals surface area contributed by atoms with Gasteiger partial charge in [-0.05, 0) is 47.0 Å². The van der Waals surface area contributed by atoms with Crippen LogP contribution in [0, 0.1) is 0 Å². The van der Waals surface area contributed by atoms with Gasteiger partial charge in [0.25, 0.3) is 0 Å². The Balaban J connectivity index is 2.23. The summed E-state index contributed by atoms with van der Waals surface area (Å²) in [4.78, 5) is 0.716. The van der Waals surface area contributed by atoms with E-state index in [2.05, 4.69) is 13.0 Å². The molecule has 0 aromatic heterocycles. The molecule has 0 saturated heterocycles. The van der Waals surface area contributed by atoms with Crippen LogP contribution in [0.3, 0.4) is 0 Å². The van der Waals surface area contributed by atoms with Crippen LogP contribution in [-0.4, -0.2) is 8.42 Å². The first-order chi connectivity index (χ1) is 10.6. The summed E-state index contributed by atoms with van der Waals surface area (Å²) >= 11 is 0. The molecule has 0 aliphatic rings. The Labute approximate surface area is 131 Å². The minimum atomic E-state index is -3.47. The smallest absolute Gasteiger partial charge is 0.206 e. The van der Waals surface area contributed by atoms with Crippen LogP contribution in [0.1, 0.15) is 18.9 Å². The Morgan fingerprint density at radius 2 is 1.50 bits per heavy atom. The predicted octanol–water partition coefficient (Wildman–Crippen LogP) is 4.63. The molecule has 0 unspecified atom stereocenters. The Hall–Kier alpha value is -2.13. The van der Waals surface area contributed by atoms with E-state index in [0.717, 1.165) is 29.2 Å². The van der Waals surface area contributed by atoms with Gasteiger partial charge in [0.15, 0.2) is 0 Å². The molecular formula is C19H18O2S. The van der Waals surface area contributed by atoms with Crippen LogP contribution in [0.2, 0.25) is 0 Å². The normalized spacial score (nSPS) is 11.7. The van der Waals surface area contributed by atoms with E-state index in [0.29, 0.717) is 9.79 Å². The van der Waals surface area contributed by atoms with Gasteiger partial charge in [-0.25, -0.2) is 8.42 Å². The molecule has 0 atom stereocenters. The van der Waals surface area contributed by atoms with Crippen molar-refractivity contribution in [2.75, 3.05) is 0 Å². The third-order valence-electron chi connectivity index (χ3n) is 3.80. The number of aryl methyl sites for hydroxylation is 1. The predicted molar refractivity (Wildman–Crippen MR) is 89.8 cm³/mol. The van der Waals surface area contributed by atoms with Crippen molar-refractivity contribution in [2.24, 2.45) is 0 Å². The fourth-order valence-corrected chi connectivity index (χ4v) is 4.09. The molecule has 0 N–H and O–H groups in total. The second kappa shape index (κ2) is 5.93. The molecule has 0 fully saturated rings. The fourth-order valence-electron chi connectivity index (χ4n) is 2.73. The molecule has 0 saturated carbocycles. The van der Waals surface area contributed by atoms with Gasteiger partial charge < -0.3 is 0 Å². The molecule has 0 aliphatic carbocycles. The molecule has 3 aromatic rings. The van der Waals surface area contributed by atoms with E-state index < -0.39 is 9.84 Å². The van der Waals surface area contributed by atoms with E-state index in [1.807, 2.05) is 30.3 Å². The summed E-state index contributed by atoms with van der Waals surface area (Å²) in [7, 11) is -3.47. The van der Waals surface area contributed by atoms with Gasteiger partial charge in [-0.15, -0.1) is 0 Å². The van der Waals surface area contributed by atoms with Crippen molar-refractivity contribution in [3.8, 4) is 0 Å². The lowest BCUT2D eigenvalue weighted by atomic mass is 10.0. The molecule has 0 aliphatic heterocycles. The largest absolute Gasteiger partial charge is 0.219 e. The van der Waals surface area contributed by atoms with Crippen LogP contribution in [-0.2, 0) is 16.3 Å². The number of fused-ring (bicyclic) bond motifs is 1. The second-order valence-corrected chi connectivity index (χ2v) is 7.32. The van der Waals surface area contributed by atoms with Crippen molar-refractivity contribution >= 4 is 20.6 Å². The van der Waals surface area contributed by atoms with Gasteiger partial charge in [-0.2, -0.15) is 0 Å². The van der Waals surface area contributed by atoms with E-state index >= 15 is 0 Å². The van der Waals surface area contributed by atoms with Crippen LogP contribution in [0.25, 0.3) is 10.8 Å². The quantitative estimate of drug-likeness (QED) is 0.704. The van der Waals surface area contributed by atoms with Gasteiger partial charge in [-0.1, -0.05) is 55.8 Å². The summed E-state index contributed by atoms with van der Waals surface area (Å²) in [6.45, 7) is 2.10. The maximum absolute atomic E-state index is 12.8. The molecule has 112 valence electrons. The van der Waals surface area contributed by atoms with Crippen molar-refractivity contribution in [3.63, 3.8) is 0 Å². The third kappa shape index (κ3) is 2.64. The fraction of sp³-hybridized carbons (Fsp3) is 0.158. The zero-order valence-electron chi connectivity index (χ0n) is 12.5. The van der Waals surface area contributed by atoms with Gasteiger partial charge in [-0.3, -0.25) is 0 Å². The van der Waals surface area contributed by atoms with Gasteiger partial charge >= 0.3 is 0 Å². The Morgan fingerprint density at radius 3 is 2.23 bits per heavy atom. The summed E-state index contributed by atoms with van der Waals surface area (Å²) in [5.74, 6) is 0. The molecule has 2 nitrogen and oxygen atoms in total. The highest BCUT2D eigenvalue weighted by Gasteiger charge is 2.18. The molecule has 0 bridgehead atoms. The van der Waals surface area contributed by atoms with Gasteiger partial charge in [0, 0.05) is 0 Å². The van der Waals surface area contributed by atoms with Gasteiger partial charge in [0.05, 0.1) is 9.79 Å². The summed E-state index contributed by atoms with van der Waals surface area (Å²) in [6, 6.07) is 20.2. The number of sulfone groups is 1. The van der Waals surface area contributed by atoms with Crippen molar-refractivity contribution in [1.29, 1.82) is 0 Å². The van der Waals surface area contributed by atoms with Crippen LogP contribution in [0.4, 0.5) is 0 Å². The molecular weight excluding hydrogens is 292 g/mol. The SMILES string of the molecule is CCCc1cc(S(=O)(=O)c2ccccc2)cc2ccccc12. The maximum atomic E-state index is 12.8. The van der Waals surface area contributed by atoms with Crippen LogP contribution in [0.15, 0.2) is 76.5 Å². The maximum Gasteiger partial charge on any atom is 0.206 e. The molecule has 0 heterocycles. The van der Waals surface area contributed by atoms with Crippen molar-refractivity contribution in [3.05, 3.63) is 72.3 Å². The number of hydrogen-bond acceptors (Lipinski definition) is 2. The van der Waals surface area contributed by atoms with Crippen LogP contribution in [0.5, 0.6) is 0 Å². The first kappa shape index (κ1) is 14.8. The molecule has 0 spiro atoms.